The summed E-state index contributed by atoms with van der Waals surface area (Å²) in [6, 6.07) is 12.1. The Morgan fingerprint density at radius 1 is 1.03 bits per heavy atom. The molecule has 10 heteroatoms. The van der Waals surface area contributed by atoms with E-state index in [0.29, 0.717) is 39.9 Å². The number of nitriles is 1. The molecule has 3 rings (SSSR count). The summed E-state index contributed by atoms with van der Waals surface area (Å²) in [5.74, 6) is 1.84. The Kier molecular flexibility index (Phi) is 7.86. The Balaban J connectivity index is 1.59. The molecule has 0 saturated carbocycles. The van der Waals surface area contributed by atoms with Crippen LogP contribution in [0.25, 0.3) is 17.5 Å². The van der Waals surface area contributed by atoms with E-state index < -0.39 is 5.97 Å². The quantitative estimate of drug-likeness (QED) is 0.334. The van der Waals surface area contributed by atoms with Gasteiger partial charge < -0.3 is 28.2 Å². The smallest absolute Gasteiger partial charge is 0.331 e. The molecule has 0 fully saturated rings. The molecule has 0 N–H and O–H groups in total. The van der Waals surface area contributed by atoms with Crippen LogP contribution < -0.4 is 18.9 Å². The Morgan fingerprint density at radius 3 is 2.48 bits per heavy atom. The van der Waals surface area contributed by atoms with Gasteiger partial charge in [0.15, 0.2) is 36.2 Å². The minimum Gasteiger partial charge on any atom is -0.493 e. The monoisotopic (exact) mass is 451 g/mol. The molecule has 170 valence electrons. The second-order valence-corrected chi connectivity index (χ2v) is 6.38. The summed E-state index contributed by atoms with van der Waals surface area (Å²) < 4.78 is 31.3. The van der Waals surface area contributed by atoms with Crippen molar-refractivity contribution in [1.29, 1.82) is 5.26 Å². The number of hydrogen-bond donors (Lipinski definition) is 0. The predicted molar refractivity (Wildman–Crippen MR) is 116 cm³/mol. The summed E-state index contributed by atoms with van der Waals surface area (Å²) in [5, 5.41) is 12.5. The second kappa shape index (κ2) is 11.2. The van der Waals surface area contributed by atoms with Crippen LogP contribution in [0.15, 0.2) is 47.0 Å². The lowest BCUT2D eigenvalue weighted by Crippen LogP contribution is -2.01. The summed E-state index contributed by atoms with van der Waals surface area (Å²) in [6.45, 7) is -0.283. The van der Waals surface area contributed by atoms with Crippen molar-refractivity contribution in [1.82, 2.24) is 10.1 Å². The van der Waals surface area contributed by atoms with Crippen LogP contribution in [-0.2, 0) is 16.1 Å². The first-order chi connectivity index (χ1) is 16.1. The number of rotatable bonds is 10. The van der Waals surface area contributed by atoms with Crippen LogP contribution in [0, 0.1) is 11.3 Å². The molecule has 1 aromatic heterocycles. The number of aromatic nitrogens is 2. The Labute approximate surface area is 189 Å². The van der Waals surface area contributed by atoms with Gasteiger partial charge >= 0.3 is 5.97 Å². The number of benzene rings is 2. The Bertz CT molecular complexity index is 1180. The average molecular weight is 451 g/mol. The maximum absolute atomic E-state index is 12.1. The third kappa shape index (κ3) is 6.01. The van der Waals surface area contributed by atoms with Gasteiger partial charge in [0.05, 0.1) is 21.3 Å². The number of methoxy groups -OCH3 is 3. The van der Waals surface area contributed by atoms with Crippen LogP contribution in [0.1, 0.15) is 11.5 Å². The first-order valence-corrected chi connectivity index (χ1v) is 9.65. The molecule has 1 heterocycles. The molecular formula is C23H21N3O7. The van der Waals surface area contributed by atoms with Crippen molar-refractivity contribution in [2.75, 3.05) is 27.9 Å². The fraction of sp³-hybridized carbons (Fsp3) is 0.217. The van der Waals surface area contributed by atoms with Crippen molar-refractivity contribution in [3.63, 3.8) is 0 Å². The van der Waals surface area contributed by atoms with Crippen LogP contribution in [0.5, 0.6) is 23.0 Å². The highest BCUT2D eigenvalue weighted by molar-refractivity contribution is 5.87. The zero-order valence-corrected chi connectivity index (χ0v) is 18.2. The van der Waals surface area contributed by atoms with E-state index in [-0.39, 0.29) is 19.1 Å². The molecule has 0 unspecified atom stereocenters. The predicted octanol–water partition coefficient (Wildman–Crippen LogP) is 3.42. The van der Waals surface area contributed by atoms with Crippen LogP contribution in [0.3, 0.4) is 0 Å². The van der Waals surface area contributed by atoms with E-state index in [1.165, 1.54) is 20.3 Å². The number of carbonyl (C=O) groups is 1. The molecule has 0 spiro atoms. The van der Waals surface area contributed by atoms with Crippen molar-refractivity contribution in [2.45, 2.75) is 6.61 Å². The van der Waals surface area contributed by atoms with E-state index in [2.05, 4.69) is 10.1 Å². The molecule has 10 nitrogen and oxygen atoms in total. The van der Waals surface area contributed by atoms with Gasteiger partial charge in [0, 0.05) is 11.6 Å². The van der Waals surface area contributed by atoms with Crippen molar-refractivity contribution in [3.05, 3.63) is 53.9 Å². The van der Waals surface area contributed by atoms with Gasteiger partial charge in [-0.05, 0) is 42.0 Å². The van der Waals surface area contributed by atoms with E-state index in [4.69, 9.17) is 33.5 Å². The third-order valence-corrected chi connectivity index (χ3v) is 4.34. The van der Waals surface area contributed by atoms with Gasteiger partial charge in [0.25, 0.3) is 5.89 Å². The van der Waals surface area contributed by atoms with E-state index in [1.807, 2.05) is 6.07 Å². The molecular weight excluding hydrogens is 430 g/mol. The minimum atomic E-state index is -0.593. The zero-order chi connectivity index (χ0) is 23.6. The molecule has 0 bridgehead atoms. The topological polar surface area (TPSA) is 126 Å². The second-order valence-electron chi connectivity index (χ2n) is 6.38. The summed E-state index contributed by atoms with van der Waals surface area (Å²) in [6.07, 6.45) is 2.82. The number of carbonyl (C=O) groups excluding carboxylic acids is 1. The van der Waals surface area contributed by atoms with Gasteiger partial charge in [-0.15, -0.1) is 0 Å². The van der Waals surface area contributed by atoms with E-state index in [1.54, 1.807) is 49.6 Å². The molecule has 3 aromatic rings. The molecule has 0 amide bonds. The van der Waals surface area contributed by atoms with Crippen LogP contribution >= 0.6 is 0 Å². The van der Waals surface area contributed by atoms with Gasteiger partial charge in [-0.2, -0.15) is 10.2 Å². The number of ether oxygens (including phenoxy) is 5. The van der Waals surface area contributed by atoms with Gasteiger partial charge in [0.1, 0.15) is 6.07 Å². The zero-order valence-electron chi connectivity index (χ0n) is 18.2. The first-order valence-electron chi connectivity index (χ1n) is 9.65. The van der Waals surface area contributed by atoms with Crippen LogP contribution in [0.4, 0.5) is 0 Å². The number of hydrogen-bond acceptors (Lipinski definition) is 10. The SMILES string of the molecule is COc1ccc(-c2noc(COC(=O)/C=C/c3ccc(OCC#N)c(OC)c3)n2)cc1OC. The maximum Gasteiger partial charge on any atom is 0.331 e. The fourth-order valence-electron chi connectivity index (χ4n) is 2.77. The van der Waals surface area contributed by atoms with Gasteiger partial charge in [-0.3, -0.25) is 0 Å². The summed E-state index contributed by atoms with van der Waals surface area (Å²) in [7, 11) is 4.56. The van der Waals surface area contributed by atoms with Crippen molar-refractivity contribution in [3.8, 4) is 40.5 Å². The summed E-state index contributed by atoms with van der Waals surface area (Å²) >= 11 is 0. The number of esters is 1. The molecule has 0 atom stereocenters. The lowest BCUT2D eigenvalue weighted by molar-refractivity contribution is -0.139. The minimum absolute atomic E-state index is 0.0960. The van der Waals surface area contributed by atoms with Gasteiger partial charge in [-0.25, -0.2) is 4.79 Å². The largest absolute Gasteiger partial charge is 0.493 e. The third-order valence-electron chi connectivity index (χ3n) is 4.34. The molecule has 0 radical (unpaired) electrons. The number of nitrogens with zero attached hydrogens (tertiary/aromatic N) is 3. The molecule has 2 aromatic carbocycles. The lowest BCUT2D eigenvalue weighted by atomic mass is 10.2. The van der Waals surface area contributed by atoms with Crippen LogP contribution in [-0.4, -0.2) is 44.0 Å². The highest BCUT2D eigenvalue weighted by Gasteiger charge is 2.13. The lowest BCUT2D eigenvalue weighted by Gasteiger charge is -2.08. The molecule has 0 aliphatic heterocycles. The van der Waals surface area contributed by atoms with Gasteiger partial charge in [-0.1, -0.05) is 11.2 Å². The van der Waals surface area contributed by atoms with Gasteiger partial charge in [0.2, 0.25) is 5.82 Å². The fourth-order valence-corrected chi connectivity index (χ4v) is 2.77. The Morgan fingerprint density at radius 2 is 1.76 bits per heavy atom. The highest BCUT2D eigenvalue weighted by atomic mass is 16.6. The van der Waals surface area contributed by atoms with Crippen molar-refractivity contribution in [2.24, 2.45) is 0 Å². The highest BCUT2D eigenvalue weighted by Crippen LogP contribution is 2.31. The summed E-state index contributed by atoms with van der Waals surface area (Å²) in [4.78, 5) is 16.3. The van der Waals surface area contributed by atoms with E-state index >= 15 is 0 Å². The molecule has 33 heavy (non-hydrogen) atoms. The van der Waals surface area contributed by atoms with Crippen molar-refractivity contribution >= 4 is 12.0 Å². The van der Waals surface area contributed by atoms with Crippen molar-refractivity contribution < 1.29 is 33.0 Å². The standard InChI is InChI=1S/C23H21N3O7/c1-28-17-8-6-16(13-20(17)30-3)23-25-21(33-26-23)14-32-22(27)9-5-15-4-7-18(31-11-10-24)19(12-15)29-2/h4-9,12-13H,11,14H2,1-3H3/b9-5+. The average Bonchev–Trinajstić information content (AvgIpc) is 3.33. The van der Waals surface area contributed by atoms with E-state index in [9.17, 15) is 4.79 Å². The first kappa shape index (κ1) is 23.1. The van der Waals surface area contributed by atoms with Crippen LogP contribution in [0.2, 0.25) is 0 Å². The molecule has 0 saturated heterocycles. The van der Waals surface area contributed by atoms with E-state index in [0.717, 1.165) is 0 Å². The molecule has 0 aliphatic carbocycles. The molecule has 0 aliphatic rings. The normalized spacial score (nSPS) is 10.5. The maximum atomic E-state index is 12.1. The summed E-state index contributed by atoms with van der Waals surface area (Å²) in [5.41, 5.74) is 1.34. The Hall–Kier alpha value is -4.52.